The van der Waals surface area contributed by atoms with Crippen LogP contribution in [0.2, 0.25) is 0 Å². The number of aromatic amines is 1. The number of carbonyl (C=O) groups excluding carboxylic acids is 1. The zero-order valence-corrected chi connectivity index (χ0v) is 10.4. The molecule has 7 heteroatoms. The summed E-state index contributed by atoms with van der Waals surface area (Å²) in [4.78, 5) is 31.7. The number of aromatic nitrogens is 4. The standard InChI is InChI=1S/C12H14N6O/c19-9-5-17(3-4-18(9)8-1-2-8)12-10-11(14-6-13-10)15-7-16-12/h6-8H,1-5H2,(H,13,14,15,16). The number of hydrogen-bond donors (Lipinski definition) is 1. The summed E-state index contributed by atoms with van der Waals surface area (Å²) in [5, 5.41) is 0. The number of fused-ring (bicyclic) bond motifs is 1. The fraction of sp³-hybridized carbons (Fsp3) is 0.500. The molecule has 0 bridgehead atoms. The lowest BCUT2D eigenvalue weighted by molar-refractivity contribution is -0.131. The maximum Gasteiger partial charge on any atom is 0.242 e. The summed E-state index contributed by atoms with van der Waals surface area (Å²) in [6, 6.07) is 0.493. The Balaban J connectivity index is 1.63. The summed E-state index contributed by atoms with van der Waals surface area (Å²) in [5.41, 5.74) is 1.44. The summed E-state index contributed by atoms with van der Waals surface area (Å²) >= 11 is 0. The molecule has 2 aromatic rings. The van der Waals surface area contributed by atoms with Crippen LogP contribution in [0.4, 0.5) is 5.82 Å². The number of anilines is 1. The first kappa shape index (κ1) is 10.7. The number of carbonyl (C=O) groups is 1. The van der Waals surface area contributed by atoms with Crippen molar-refractivity contribution >= 4 is 22.9 Å². The van der Waals surface area contributed by atoms with Gasteiger partial charge in [0.05, 0.1) is 12.9 Å². The van der Waals surface area contributed by atoms with E-state index < -0.39 is 0 Å². The van der Waals surface area contributed by atoms with Gasteiger partial charge in [-0.1, -0.05) is 0 Å². The number of H-pyrrole nitrogens is 1. The maximum absolute atomic E-state index is 12.1. The molecule has 19 heavy (non-hydrogen) atoms. The first-order valence-electron chi connectivity index (χ1n) is 6.51. The lowest BCUT2D eigenvalue weighted by Crippen LogP contribution is -2.51. The summed E-state index contributed by atoms with van der Waals surface area (Å²) < 4.78 is 0. The number of amides is 1. The predicted octanol–water partition coefficient (Wildman–Crippen LogP) is 0.164. The molecule has 0 atom stereocenters. The van der Waals surface area contributed by atoms with E-state index in [1.54, 1.807) is 6.33 Å². The molecule has 2 aliphatic rings. The van der Waals surface area contributed by atoms with Crippen molar-refractivity contribution in [3.8, 4) is 0 Å². The zero-order chi connectivity index (χ0) is 12.8. The second kappa shape index (κ2) is 3.91. The molecule has 2 fully saturated rings. The average Bonchev–Trinajstić information content (AvgIpc) is 3.15. The van der Waals surface area contributed by atoms with Crippen LogP contribution in [0.1, 0.15) is 12.8 Å². The number of rotatable bonds is 2. The predicted molar refractivity (Wildman–Crippen MR) is 68.6 cm³/mol. The molecule has 1 aliphatic carbocycles. The topological polar surface area (TPSA) is 78.0 Å². The van der Waals surface area contributed by atoms with Crippen LogP contribution < -0.4 is 4.90 Å². The minimum absolute atomic E-state index is 0.194. The van der Waals surface area contributed by atoms with Crippen molar-refractivity contribution in [2.24, 2.45) is 0 Å². The number of nitrogens with one attached hydrogen (secondary N) is 1. The summed E-state index contributed by atoms with van der Waals surface area (Å²) in [7, 11) is 0. The van der Waals surface area contributed by atoms with E-state index in [0.29, 0.717) is 18.2 Å². The van der Waals surface area contributed by atoms with E-state index >= 15 is 0 Å². The van der Waals surface area contributed by atoms with Gasteiger partial charge in [0.1, 0.15) is 11.8 Å². The van der Waals surface area contributed by atoms with Gasteiger partial charge < -0.3 is 14.8 Å². The van der Waals surface area contributed by atoms with Crippen LogP contribution >= 0.6 is 0 Å². The number of piperazine rings is 1. The lowest BCUT2D eigenvalue weighted by Gasteiger charge is -2.35. The van der Waals surface area contributed by atoms with Crippen LogP contribution in [0.15, 0.2) is 12.7 Å². The Hall–Kier alpha value is -2.18. The lowest BCUT2D eigenvalue weighted by atomic mass is 10.3. The summed E-state index contributed by atoms with van der Waals surface area (Å²) in [6.07, 6.45) is 5.41. The number of imidazole rings is 1. The molecule has 1 aliphatic heterocycles. The van der Waals surface area contributed by atoms with Crippen molar-refractivity contribution in [2.45, 2.75) is 18.9 Å². The Bertz CT molecular complexity index is 634. The van der Waals surface area contributed by atoms with Crippen LogP contribution in [0, 0.1) is 0 Å². The molecule has 2 aromatic heterocycles. The normalized spacial score (nSPS) is 20.3. The second-order valence-electron chi connectivity index (χ2n) is 5.04. The fourth-order valence-electron chi connectivity index (χ4n) is 2.63. The maximum atomic E-state index is 12.1. The number of hydrogen-bond acceptors (Lipinski definition) is 5. The van der Waals surface area contributed by atoms with Crippen LogP contribution in [0.3, 0.4) is 0 Å². The molecule has 1 N–H and O–H groups in total. The van der Waals surface area contributed by atoms with E-state index in [4.69, 9.17) is 0 Å². The summed E-state index contributed by atoms with van der Waals surface area (Å²) in [5.74, 6) is 0.964. The Morgan fingerprint density at radius 1 is 1.21 bits per heavy atom. The molecule has 1 saturated carbocycles. The molecule has 0 unspecified atom stereocenters. The first-order valence-corrected chi connectivity index (χ1v) is 6.51. The highest BCUT2D eigenvalue weighted by Gasteiger charge is 2.36. The molecule has 0 aromatic carbocycles. The van der Waals surface area contributed by atoms with Crippen LogP contribution in [0.25, 0.3) is 11.2 Å². The zero-order valence-electron chi connectivity index (χ0n) is 10.4. The van der Waals surface area contributed by atoms with Crippen LogP contribution in [-0.4, -0.2) is 56.4 Å². The van der Waals surface area contributed by atoms with Gasteiger partial charge >= 0.3 is 0 Å². The van der Waals surface area contributed by atoms with Crippen molar-refractivity contribution < 1.29 is 4.79 Å². The highest BCUT2D eigenvalue weighted by Crippen LogP contribution is 2.29. The van der Waals surface area contributed by atoms with Gasteiger partial charge in [0.25, 0.3) is 0 Å². The third-order valence-electron chi connectivity index (χ3n) is 3.75. The molecule has 1 saturated heterocycles. The van der Waals surface area contributed by atoms with Gasteiger partial charge in [-0.25, -0.2) is 15.0 Å². The molecule has 1 amide bonds. The van der Waals surface area contributed by atoms with E-state index in [0.717, 1.165) is 37.3 Å². The summed E-state index contributed by atoms with van der Waals surface area (Å²) in [6.45, 7) is 1.98. The van der Waals surface area contributed by atoms with Crippen LogP contribution in [0.5, 0.6) is 0 Å². The van der Waals surface area contributed by atoms with Gasteiger partial charge in [0, 0.05) is 19.1 Å². The van der Waals surface area contributed by atoms with Gasteiger partial charge in [-0.15, -0.1) is 0 Å². The number of nitrogens with zero attached hydrogens (tertiary/aromatic N) is 5. The van der Waals surface area contributed by atoms with E-state index in [9.17, 15) is 4.79 Å². The van der Waals surface area contributed by atoms with Gasteiger partial charge in [0.2, 0.25) is 5.91 Å². The van der Waals surface area contributed by atoms with Gasteiger partial charge in [-0.2, -0.15) is 0 Å². The Morgan fingerprint density at radius 2 is 2.11 bits per heavy atom. The third kappa shape index (κ3) is 1.73. The van der Waals surface area contributed by atoms with Crippen molar-refractivity contribution in [3.63, 3.8) is 0 Å². The molecule has 98 valence electrons. The molecule has 3 heterocycles. The van der Waals surface area contributed by atoms with Gasteiger partial charge in [0.15, 0.2) is 11.5 Å². The Labute approximate surface area is 109 Å². The van der Waals surface area contributed by atoms with E-state index in [-0.39, 0.29) is 5.91 Å². The molecule has 4 rings (SSSR count). The Morgan fingerprint density at radius 3 is 2.89 bits per heavy atom. The van der Waals surface area contributed by atoms with E-state index in [1.165, 1.54) is 6.33 Å². The Kier molecular flexibility index (Phi) is 2.20. The molecular formula is C12H14N6O. The largest absolute Gasteiger partial charge is 0.344 e. The quantitative estimate of drug-likeness (QED) is 0.830. The van der Waals surface area contributed by atoms with Gasteiger partial charge in [-0.3, -0.25) is 4.79 Å². The fourth-order valence-corrected chi connectivity index (χ4v) is 2.63. The average molecular weight is 258 g/mol. The third-order valence-corrected chi connectivity index (χ3v) is 3.75. The van der Waals surface area contributed by atoms with E-state index in [2.05, 4.69) is 19.9 Å². The minimum Gasteiger partial charge on any atom is -0.344 e. The van der Waals surface area contributed by atoms with Crippen molar-refractivity contribution in [1.29, 1.82) is 0 Å². The van der Waals surface area contributed by atoms with Crippen molar-refractivity contribution in [1.82, 2.24) is 24.8 Å². The molecule has 0 spiro atoms. The second-order valence-corrected chi connectivity index (χ2v) is 5.04. The molecule has 7 nitrogen and oxygen atoms in total. The highest BCUT2D eigenvalue weighted by molar-refractivity contribution is 5.88. The van der Waals surface area contributed by atoms with Crippen LogP contribution in [-0.2, 0) is 4.79 Å². The smallest absolute Gasteiger partial charge is 0.242 e. The first-order chi connectivity index (χ1) is 9.33. The van der Waals surface area contributed by atoms with Crippen molar-refractivity contribution in [2.75, 3.05) is 24.5 Å². The molecule has 0 radical (unpaired) electrons. The van der Waals surface area contributed by atoms with E-state index in [1.807, 2.05) is 9.80 Å². The SMILES string of the molecule is O=C1CN(c2ncnc3nc[nH]c23)CCN1C1CC1. The monoisotopic (exact) mass is 258 g/mol. The van der Waals surface area contributed by atoms with Crippen molar-refractivity contribution in [3.05, 3.63) is 12.7 Å². The minimum atomic E-state index is 0.194. The van der Waals surface area contributed by atoms with Gasteiger partial charge in [-0.05, 0) is 12.8 Å². The molecular weight excluding hydrogens is 244 g/mol. The highest BCUT2D eigenvalue weighted by atomic mass is 16.2.